The van der Waals surface area contributed by atoms with Crippen molar-refractivity contribution in [3.05, 3.63) is 0 Å². The maximum Gasteiger partial charge on any atom is 0.191 e. The molecule has 0 amide bonds. The highest BCUT2D eigenvalue weighted by molar-refractivity contribution is 14.0. The predicted molar refractivity (Wildman–Crippen MR) is 119 cm³/mol. The molecule has 1 aliphatic rings. The zero-order valence-corrected chi connectivity index (χ0v) is 19.7. The standard InChI is InChI=1S/C19H40N4O.HI/c1-8-20-18(22-13-17(24-7)19(4,5)6)21-12-16-10-9-11-23(14-16)15(2)3;/h15-17H,8-14H2,1-7H3,(H2,20,21,22);1H. The summed E-state index contributed by atoms with van der Waals surface area (Å²) in [7, 11) is 1.77. The number of likely N-dealkylation sites (tertiary alicyclic amines) is 1. The van der Waals surface area contributed by atoms with Gasteiger partial charge in [-0.05, 0) is 51.5 Å². The van der Waals surface area contributed by atoms with Gasteiger partial charge >= 0.3 is 0 Å². The van der Waals surface area contributed by atoms with E-state index in [1.54, 1.807) is 7.11 Å². The zero-order chi connectivity index (χ0) is 18.2. The number of hydrogen-bond donors (Lipinski definition) is 2. The van der Waals surface area contributed by atoms with Crippen molar-refractivity contribution in [3.8, 4) is 0 Å². The van der Waals surface area contributed by atoms with Gasteiger partial charge in [-0.2, -0.15) is 0 Å². The second-order valence-corrected chi connectivity index (χ2v) is 8.29. The molecule has 0 radical (unpaired) electrons. The second kappa shape index (κ2) is 12.3. The average Bonchev–Trinajstić information content (AvgIpc) is 2.52. The molecule has 2 N–H and O–H groups in total. The summed E-state index contributed by atoms with van der Waals surface area (Å²) in [6.45, 7) is 18.2. The molecular formula is C19H41IN4O. The highest BCUT2D eigenvalue weighted by Gasteiger charge is 2.24. The van der Waals surface area contributed by atoms with Crippen LogP contribution in [-0.2, 0) is 4.74 Å². The van der Waals surface area contributed by atoms with Gasteiger partial charge in [-0.25, -0.2) is 0 Å². The van der Waals surface area contributed by atoms with Crippen LogP contribution in [0.3, 0.4) is 0 Å². The summed E-state index contributed by atoms with van der Waals surface area (Å²) in [5.74, 6) is 1.61. The molecule has 0 spiro atoms. The highest BCUT2D eigenvalue weighted by Crippen LogP contribution is 2.22. The van der Waals surface area contributed by atoms with E-state index >= 15 is 0 Å². The SMILES string of the molecule is CCNC(=NCC(OC)C(C)(C)C)NCC1CCCN(C(C)C)C1.I. The van der Waals surface area contributed by atoms with E-state index in [1.165, 1.54) is 25.9 Å². The molecule has 2 unspecified atom stereocenters. The Balaban J connectivity index is 0.00000576. The minimum atomic E-state index is 0. The lowest BCUT2D eigenvalue weighted by Crippen LogP contribution is -2.46. The molecule has 1 aliphatic heterocycles. The maximum atomic E-state index is 5.61. The average molecular weight is 468 g/mol. The van der Waals surface area contributed by atoms with Gasteiger partial charge in [0.05, 0.1) is 12.6 Å². The first-order valence-corrected chi connectivity index (χ1v) is 9.57. The predicted octanol–water partition coefficient (Wildman–Crippen LogP) is 3.34. The Morgan fingerprint density at radius 3 is 2.48 bits per heavy atom. The molecule has 1 rings (SSSR count). The molecule has 6 heteroatoms. The largest absolute Gasteiger partial charge is 0.379 e. The van der Waals surface area contributed by atoms with Crippen LogP contribution in [0.1, 0.15) is 54.4 Å². The van der Waals surface area contributed by atoms with Gasteiger partial charge in [0.1, 0.15) is 0 Å². The number of aliphatic imine (C=N–C) groups is 1. The van der Waals surface area contributed by atoms with Gasteiger partial charge in [-0.1, -0.05) is 20.8 Å². The summed E-state index contributed by atoms with van der Waals surface area (Å²) in [6, 6.07) is 0.643. The summed E-state index contributed by atoms with van der Waals surface area (Å²) in [6.07, 6.45) is 2.73. The third-order valence-electron chi connectivity index (χ3n) is 4.85. The first-order valence-electron chi connectivity index (χ1n) is 9.57. The van der Waals surface area contributed by atoms with Crippen LogP contribution in [0.4, 0.5) is 0 Å². The van der Waals surface area contributed by atoms with Crippen molar-refractivity contribution < 1.29 is 4.74 Å². The van der Waals surface area contributed by atoms with Crippen LogP contribution in [0, 0.1) is 11.3 Å². The van der Waals surface area contributed by atoms with E-state index in [0.717, 1.165) is 19.0 Å². The van der Waals surface area contributed by atoms with Crippen LogP contribution < -0.4 is 10.6 Å². The van der Waals surface area contributed by atoms with Gasteiger partial charge in [-0.3, -0.25) is 4.99 Å². The van der Waals surface area contributed by atoms with E-state index in [1.807, 2.05) is 0 Å². The molecule has 0 saturated carbocycles. The summed E-state index contributed by atoms with van der Waals surface area (Å²) in [5, 5.41) is 6.89. The van der Waals surface area contributed by atoms with Crippen LogP contribution in [0.5, 0.6) is 0 Å². The monoisotopic (exact) mass is 468 g/mol. The maximum absolute atomic E-state index is 5.61. The fourth-order valence-electron chi connectivity index (χ4n) is 3.19. The van der Waals surface area contributed by atoms with Crippen LogP contribution >= 0.6 is 24.0 Å². The number of piperidine rings is 1. The quantitative estimate of drug-likeness (QED) is 0.342. The van der Waals surface area contributed by atoms with Crippen molar-refractivity contribution in [2.24, 2.45) is 16.3 Å². The lowest BCUT2D eigenvalue weighted by atomic mass is 9.89. The van der Waals surface area contributed by atoms with Gasteiger partial charge in [0.25, 0.3) is 0 Å². The fraction of sp³-hybridized carbons (Fsp3) is 0.947. The molecule has 5 nitrogen and oxygen atoms in total. The van der Waals surface area contributed by atoms with Crippen LogP contribution in [0.2, 0.25) is 0 Å². The molecule has 0 aromatic rings. The molecule has 25 heavy (non-hydrogen) atoms. The Morgan fingerprint density at radius 1 is 1.28 bits per heavy atom. The van der Waals surface area contributed by atoms with Crippen molar-refractivity contribution in [3.63, 3.8) is 0 Å². The number of nitrogens with zero attached hydrogens (tertiary/aromatic N) is 2. The lowest BCUT2D eigenvalue weighted by molar-refractivity contribution is 0.0241. The van der Waals surface area contributed by atoms with Crippen LogP contribution in [-0.4, -0.2) is 62.8 Å². The van der Waals surface area contributed by atoms with Gasteiger partial charge in [-0.15, -0.1) is 24.0 Å². The molecule has 0 aromatic heterocycles. The van der Waals surface area contributed by atoms with E-state index in [0.29, 0.717) is 18.5 Å². The summed E-state index contributed by atoms with van der Waals surface area (Å²) in [4.78, 5) is 7.33. The van der Waals surface area contributed by atoms with Crippen molar-refractivity contribution in [2.75, 3.05) is 39.8 Å². The first kappa shape index (κ1) is 24.9. The summed E-state index contributed by atoms with van der Waals surface area (Å²) in [5.41, 5.74) is 0.0940. The van der Waals surface area contributed by atoms with Crippen molar-refractivity contribution >= 4 is 29.9 Å². The van der Waals surface area contributed by atoms with E-state index in [-0.39, 0.29) is 35.5 Å². The topological polar surface area (TPSA) is 48.9 Å². The van der Waals surface area contributed by atoms with E-state index < -0.39 is 0 Å². The number of methoxy groups -OCH3 is 1. The number of halogens is 1. The zero-order valence-electron chi connectivity index (χ0n) is 17.4. The molecular weight excluding hydrogens is 427 g/mol. The van der Waals surface area contributed by atoms with Gasteiger partial charge in [0.15, 0.2) is 5.96 Å². The van der Waals surface area contributed by atoms with Crippen molar-refractivity contribution in [2.45, 2.75) is 66.5 Å². The fourth-order valence-corrected chi connectivity index (χ4v) is 3.19. The molecule has 2 atom stereocenters. The van der Waals surface area contributed by atoms with E-state index in [9.17, 15) is 0 Å². The minimum absolute atomic E-state index is 0. The Morgan fingerprint density at radius 2 is 1.96 bits per heavy atom. The van der Waals surface area contributed by atoms with Crippen LogP contribution in [0.25, 0.3) is 0 Å². The van der Waals surface area contributed by atoms with E-state index in [2.05, 4.69) is 57.1 Å². The molecule has 1 fully saturated rings. The number of ether oxygens (including phenoxy) is 1. The molecule has 0 aliphatic carbocycles. The van der Waals surface area contributed by atoms with Gasteiger partial charge < -0.3 is 20.3 Å². The highest BCUT2D eigenvalue weighted by atomic mass is 127. The van der Waals surface area contributed by atoms with E-state index in [4.69, 9.17) is 9.73 Å². The molecule has 1 saturated heterocycles. The van der Waals surface area contributed by atoms with Crippen molar-refractivity contribution in [1.29, 1.82) is 0 Å². The minimum Gasteiger partial charge on any atom is -0.379 e. The number of hydrogen-bond acceptors (Lipinski definition) is 3. The molecule has 0 bridgehead atoms. The van der Waals surface area contributed by atoms with Crippen LogP contribution in [0.15, 0.2) is 4.99 Å². The Labute approximate surface area is 172 Å². The van der Waals surface area contributed by atoms with Gasteiger partial charge in [0.2, 0.25) is 0 Å². The lowest BCUT2D eigenvalue weighted by Gasteiger charge is -2.35. The smallest absolute Gasteiger partial charge is 0.191 e. The normalized spacial score (nSPS) is 21.0. The third kappa shape index (κ3) is 9.43. The molecule has 150 valence electrons. The summed E-state index contributed by atoms with van der Waals surface area (Å²) >= 11 is 0. The first-order chi connectivity index (χ1) is 11.3. The Kier molecular flexibility index (Phi) is 12.3. The Hall–Kier alpha value is -0.0800. The second-order valence-electron chi connectivity index (χ2n) is 8.29. The number of guanidine groups is 1. The number of rotatable bonds is 7. The Bertz CT molecular complexity index is 382. The molecule has 0 aromatic carbocycles. The van der Waals surface area contributed by atoms with Gasteiger partial charge in [0, 0.05) is 32.8 Å². The summed E-state index contributed by atoms with van der Waals surface area (Å²) < 4.78 is 5.61. The molecule has 1 heterocycles. The number of nitrogens with one attached hydrogen (secondary N) is 2. The third-order valence-corrected chi connectivity index (χ3v) is 4.85. The van der Waals surface area contributed by atoms with Crippen molar-refractivity contribution in [1.82, 2.24) is 15.5 Å².